The van der Waals surface area contributed by atoms with Crippen molar-refractivity contribution in [2.45, 2.75) is 13.3 Å². The molecule has 0 aliphatic rings. The molecule has 0 fully saturated rings. The van der Waals surface area contributed by atoms with Crippen molar-refractivity contribution in [2.24, 2.45) is 11.5 Å². The summed E-state index contributed by atoms with van der Waals surface area (Å²) in [5.41, 5.74) is 14.6. The first-order chi connectivity index (χ1) is 12.0. The van der Waals surface area contributed by atoms with E-state index < -0.39 is 11.8 Å². The predicted octanol–water partition coefficient (Wildman–Crippen LogP) is 2.30. The molecule has 1 aromatic carbocycles. The Morgan fingerprint density at radius 3 is 2.12 bits per heavy atom. The fraction of sp³-hybridized carbons (Fsp3) is 0.111. The Kier molecular flexibility index (Phi) is 4.58. The van der Waals surface area contributed by atoms with Crippen LogP contribution in [0.4, 0.5) is 0 Å². The van der Waals surface area contributed by atoms with E-state index in [9.17, 15) is 9.59 Å². The molecule has 0 saturated heterocycles. The number of aromatic nitrogens is 2. The number of benzene rings is 1. The van der Waals surface area contributed by atoms with Crippen molar-refractivity contribution >= 4 is 23.2 Å². The van der Waals surface area contributed by atoms with Gasteiger partial charge in [0.15, 0.2) is 0 Å². The van der Waals surface area contributed by atoms with E-state index in [1.54, 1.807) is 36.7 Å². The van der Waals surface area contributed by atoms with Crippen LogP contribution in [-0.4, -0.2) is 21.8 Å². The summed E-state index contributed by atoms with van der Waals surface area (Å²) >= 11 is 1.46. The van der Waals surface area contributed by atoms with Gasteiger partial charge in [-0.3, -0.25) is 14.6 Å². The van der Waals surface area contributed by atoms with Gasteiger partial charge in [-0.05, 0) is 47.9 Å². The average Bonchev–Trinajstić information content (AvgIpc) is 3.00. The van der Waals surface area contributed by atoms with Gasteiger partial charge in [-0.1, -0.05) is 0 Å². The van der Waals surface area contributed by atoms with E-state index in [4.69, 9.17) is 11.5 Å². The lowest BCUT2D eigenvalue weighted by Crippen LogP contribution is -2.20. The van der Waals surface area contributed by atoms with Crippen molar-refractivity contribution in [1.29, 1.82) is 0 Å². The van der Waals surface area contributed by atoms with Crippen LogP contribution in [0.1, 0.15) is 37.0 Å². The Bertz CT molecular complexity index is 916. The van der Waals surface area contributed by atoms with Crippen molar-refractivity contribution in [1.82, 2.24) is 9.97 Å². The minimum Gasteiger partial charge on any atom is -0.366 e. The van der Waals surface area contributed by atoms with Gasteiger partial charge in [-0.15, -0.1) is 11.3 Å². The number of amides is 2. The highest BCUT2D eigenvalue weighted by Crippen LogP contribution is 2.28. The van der Waals surface area contributed by atoms with Gasteiger partial charge in [-0.25, -0.2) is 4.98 Å². The van der Waals surface area contributed by atoms with E-state index in [1.165, 1.54) is 11.3 Å². The number of hydrogen-bond acceptors (Lipinski definition) is 5. The SMILES string of the molecule is Cc1csc(Cc2c(C(N)=O)cc(-c3ccncc3)cc2C(N)=O)n1. The summed E-state index contributed by atoms with van der Waals surface area (Å²) in [4.78, 5) is 32.4. The van der Waals surface area contributed by atoms with Crippen LogP contribution >= 0.6 is 11.3 Å². The predicted molar refractivity (Wildman–Crippen MR) is 96.4 cm³/mol. The highest BCUT2D eigenvalue weighted by atomic mass is 32.1. The normalized spacial score (nSPS) is 10.6. The molecule has 126 valence electrons. The molecule has 3 aromatic rings. The lowest BCUT2D eigenvalue weighted by molar-refractivity contribution is 0.0999. The summed E-state index contributed by atoms with van der Waals surface area (Å²) in [7, 11) is 0. The van der Waals surface area contributed by atoms with Crippen molar-refractivity contribution in [3.63, 3.8) is 0 Å². The third-order valence-corrected chi connectivity index (χ3v) is 4.76. The third kappa shape index (κ3) is 3.56. The van der Waals surface area contributed by atoms with Crippen molar-refractivity contribution in [3.8, 4) is 11.1 Å². The Hall–Kier alpha value is -3.06. The van der Waals surface area contributed by atoms with Crippen LogP contribution in [0.2, 0.25) is 0 Å². The molecule has 2 heterocycles. The molecule has 0 unspecified atom stereocenters. The Morgan fingerprint density at radius 1 is 1.04 bits per heavy atom. The highest BCUT2D eigenvalue weighted by Gasteiger charge is 2.20. The quantitative estimate of drug-likeness (QED) is 0.733. The van der Waals surface area contributed by atoms with E-state index >= 15 is 0 Å². The summed E-state index contributed by atoms with van der Waals surface area (Å²) in [6.07, 6.45) is 3.59. The van der Waals surface area contributed by atoms with Gasteiger partial charge in [0.25, 0.3) is 0 Å². The van der Waals surface area contributed by atoms with Gasteiger partial charge in [0.1, 0.15) is 0 Å². The molecule has 6 nitrogen and oxygen atoms in total. The zero-order valence-corrected chi connectivity index (χ0v) is 14.3. The van der Waals surface area contributed by atoms with Crippen LogP contribution in [0.15, 0.2) is 42.0 Å². The number of pyridine rings is 1. The number of carbonyl (C=O) groups excluding carboxylic acids is 2. The molecular weight excluding hydrogens is 336 g/mol. The number of nitrogens with zero attached hydrogens (tertiary/aromatic N) is 2. The molecule has 0 radical (unpaired) electrons. The Balaban J connectivity index is 2.18. The number of rotatable bonds is 5. The van der Waals surface area contributed by atoms with E-state index in [-0.39, 0.29) is 11.1 Å². The summed E-state index contributed by atoms with van der Waals surface area (Å²) in [5, 5.41) is 2.70. The number of thiazole rings is 1. The molecule has 0 atom stereocenters. The summed E-state index contributed by atoms with van der Waals surface area (Å²) in [6.45, 7) is 1.89. The summed E-state index contributed by atoms with van der Waals surface area (Å²) in [5.74, 6) is -1.22. The summed E-state index contributed by atoms with van der Waals surface area (Å²) in [6, 6.07) is 6.93. The van der Waals surface area contributed by atoms with E-state index in [1.807, 2.05) is 12.3 Å². The second-order valence-electron chi connectivity index (χ2n) is 5.57. The van der Waals surface area contributed by atoms with E-state index in [0.717, 1.165) is 16.3 Å². The first-order valence-electron chi connectivity index (χ1n) is 7.53. The second-order valence-corrected chi connectivity index (χ2v) is 6.52. The molecule has 0 aliphatic carbocycles. The minimum atomic E-state index is -0.610. The number of aryl methyl sites for hydroxylation is 1. The fourth-order valence-electron chi connectivity index (χ4n) is 2.65. The fourth-order valence-corrected chi connectivity index (χ4v) is 3.43. The maximum absolute atomic E-state index is 12.0. The zero-order chi connectivity index (χ0) is 18.0. The highest BCUT2D eigenvalue weighted by molar-refractivity contribution is 7.09. The van der Waals surface area contributed by atoms with Crippen LogP contribution in [-0.2, 0) is 6.42 Å². The molecule has 7 heteroatoms. The number of nitrogens with two attached hydrogens (primary N) is 2. The lowest BCUT2D eigenvalue weighted by atomic mass is 9.92. The molecular formula is C18H16N4O2S. The molecule has 3 rings (SSSR count). The standard InChI is InChI=1S/C18H16N4O2S/c1-10-9-25-16(22-10)8-13-14(17(19)23)6-12(7-15(13)18(20)24)11-2-4-21-5-3-11/h2-7,9H,8H2,1H3,(H2,19,23)(H2,20,24). The molecule has 0 bridgehead atoms. The Labute approximate surface area is 148 Å². The molecule has 0 spiro atoms. The minimum absolute atomic E-state index is 0.274. The number of primary amides is 2. The summed E-state index contributed by atoms with van der Waals surface area (Å²) < 4.78 is 0. The number of hydrogen-bond donors (Lipinski definition) is 2. The largest absolute Gasteiger partial charge is 0.366 e. The zero-order valence-electron chi connectivity index (χ0n) is 13.5. The second kappa shape index (κ2) is 6.82. The molecule has 2 amide bonds. The van der Waals surface area contributed by atoms with Crippen molar-refractivity contribution in [2.75, 3.05) is 0 Å². The van der Waals surface area contributed by atoms with Crippen molar-refractivity contribution in [3.05, 3.63) is 69.4 Å². The van der Waals surface area contributed by atoms with E-state index in [0.29, 0.717) is 17.5 Å². The smallest absolute Gasteiger partial charge is 0.249 e. The molecule has 4 N–H and O–H groups in total. The van der Waals surface area contributed by atoms with Crippen molar-refractivity contribution < 1.29 is 9.59 Å². The molecule has 0 aliphatic heterocycles. The van der Waals surface area contributed by atoms with E-state index in [2.05, 4.69) is 9.97 Å². The molecule has 2 aromatic heterocycles. The van der Waals surface area contributed by atoms with Crippen LogP contribution in [0.25, 0.3) is 11.1 Å². The number of carbonyl (C=O) groups is 2. The van der Waals surface area contributed by atoms with Gasteiger partial charge < -0.3 is 11.5 Å². The molecule has 25 heavy (non-hydrogen) atoms. The van der Waals surface area contributed by atoms with Gasteiger partial charge >= 0.3 is 0 Å². The van der Waals surface area contributed by atoms with Crippen LogP contribution in [0, 0.1) is 6.92 Å². The lowest BCUT2D eigenvalue weighted by Gasteiger charge is -2.13. The van der Waals surface area contributed by atoms with Gasteiger partial charge in [0, 0.05) is 41.0 Å². The Morgan fingerprint density at radius 2 is 1.64 bits per heavy atom. The van der Waals surface area contributed by atoms with Crippen LogP contribution < -0.4 is 11.5 Å². The first-order valence-corrected chi connectivity index (χ1v) is 8.41. The van der Waals surface area contributed by atoms with Gasteiger partial charge in [0.2, 0.25) is 11.8 Å². The average molecular weight is 352 g/mol. The third-order valence-electron chi connectivity index (χ3n) is 3.79. The van der Waals surface area contributed by atoms with Crippen LogP contribution in [0.5, 0.6) is 0 Å². The van der Waals surface area contributed by atoms with Gasteiger partial charge in [-0.2, -0.15) is 0 Å². The van der Waals surface area contributed by atoms with Crippen LogP contribution in [0.3, 0.4) is 0 Å². The van der Waals surface area contributed by atoms with Gasteiger partial charge in [0.05, 0.1) is 5.01 Å². The maximum atomic E-state index is 12.0. The molecule has 0 saturated carbocycles. The maximum Gasteiger partial charge on any atom is 0.249 e. The first kappa shape index (κ1) is 16.8. The monoisotopic (exact) mass is 352 g/mol. The topological polar surface area (TPSA) is 112 Å².